The van der Waals surface area contributed by atoms with Crippen LogP contribution < -0.4 is 16.0 Å². The number of aliphatic hydroxyl groups excluding tert-OH is 1. The second-order valence-corrected chi connectivity index (χ2v) is 10.9. The van der Waals surface area contributed by atoms with Gasteiger partial charge in [0, 0.05) is 35.1 Å². The largest absolute Gasteiger partial charge is 0.373 e. The highest BCUT2D eigenvalue weighted by Crippen LogP contribution is 2.29. The molecular weight excluding hydrogens is 478 g/mol. The summed E-state index contributed by atoms with van der Waals surface area (Å²) >= 11 is 4.66. The molecule has 3 heterocycles. The number of fused-ring (bicyclic) bond motifs is 1. The zero-order chi connectivity index (χ0) is 20.6. The molecule has 4 rings (SSSR count). The fourth-order valence-electron chi connectivity index (χ4n) is 2.92. The molecule has 0 amide bonds. The topological polar surface area (TPSA) is 116 Å². The van der Waals surface area contributed by atoms with E-state index in [0.717, 1.165) is 21.8 Å². The molecule has 0 saturated carbocycles. The predicted octanol–water partition coefficient (Wildman–Crippen LogP) is 3.35. The Morgan fingerprint density at radius 1 is 1.34 bits per heavy atom. The number of anilines is 4. The fourth-order valence-corrected chi connectivity index (χ4v) is 5.17. The first-order valence-electron chi connectivity index (χ1n) is 8.68. The quantitative estimate of drug-likeness (QED) is 0.411. The Hall–Kier alpha value is -2.21. The fraction of sp³-hybridized carbons (Fsp3) is 0.222. The second kappa shape index (κ2) is 7.90. The maximum atomic E-state index is 11.6. The summed E-state index contributed by atoms with van der Waals surface area (Å²) in [4.78, 5) is 9.66. The van der Waals surface area contributed by atoms with Gasteiger partial charge in [-0.15, -0.1) is 11.3 Å². The smallest absolute Gasteiger partial charge is 0.229 e. The van der Waals surface area contributed by atoms with Gasteiger partial charge < -0.3 is 21.1 Å². The van der Waals surface area contributed by atoms with Crippen LogP contribution in [0.2, 0.25) is 0 Å². The van der Waals surface area contributed by atoms with Crippen LogP contribution in [0.15, 0.2) is 45.2 Å². The molecule has 0 fully saturated rings. The van der Waals surface area contributed by atoms with Gasteiger partial charge in [0.1, 0.15) is 16.3 Å². The minimum atomic E-state index is -3.20. The van der Waals surface area contributed by atoms with Gasteiger partial charge in [-0.2, -0.15) is 4.98 Å². The molecule has 0 spiro atoms. The van der Waals surface area contributed by atoms with Gasteiger partial charge in [0.05, 0.1) is 11.0 Å². The van der Waals surface area contributed by atoms with E-state index in [9.17, 15) is 13.5 Å². The molecule has 152 valence electrons. The summed E-state index contributed by atoms with van der Waals surface area (Å²) in [5, 5.41) is 19.1. The van der Waals surface area contributed by atoms with Crippen LogP contribution in [0.3, 0.4) is 0 Å². The molecule has 0 radical (unpaired) electrons. The van der Waals surface area contributed by atoms with E-state index in [2.05, 4.69) is 41.8 Å². The van der Waals surface area contributed by atoms with Gasteiger partial charge in [0.15, 0.2) is 9.84 Å². The lowest BCUT2D eigenvalue weighted by Crippen LogP contribution is -2.12. The Labute approximate surface area is 180 Å². The van der Waals surface area contributed by atoms with Crippen LogP contribution in [0.4, 0.5) is 23.1 Å². The predicted molar refractivity (Wildman–Crippen MR) is 118 cm³/mol. The number of aliphatic hydroxyl groups is 1. The number of thiophene rings is 1. The normalized spacial score (nSPS) is 15.6. The molecule has 1 atom stereocenters. The van der Waals surface area contributed by atoms with Crippen LogP contribution >= 0.6 is 27.3 Å². The summed E-state index contributed by atoms with van der Waals surface area (Å²) < 4.78 is 24.3. The van der Waals surface area contributed by atoms with E-state index in [1.807, 2.05) is 18.2 Å². The number of hydrogen-bond acceptors (Lipinski definition) is 9. The van der Waals surface area contributed by atoms with Crippen molar-refractivity contribution in [2.45, 2.75) is 23.4 Å². The van der Waals surface area contributed by atoms with Crippen LogP contribution in [-0.2, 0) is 22.8 Å². The summed E-state index contributed by atoms with van der Waals surface area (Å²) in [7, 11) is -3.20. The number of rotatable bonds is 6. The van der Waals surface area contributed by atoms with E-state index in [4.69, 9.17) is 0 Å². The molecule has 1 aliphatic heterocycles. The molecule has 0 bridgehead atoms. The maximum absolute atomic E-state index is 11.6. The van der Waals surface area contributed by atoms with Gasteiger partial charge in [-0.3, -0.25) is 0 Å². The average Bonchev–Trinajstić information content (AvgIpc) is 3.27. The first kappa shape index (κ1) is 20.1. The number of halogens is 1. The molecule has 11 heteroatoms. The van der Waals surface area contributed by atoms with Gasteiger partial charge >= 0.3 is 0 Å². The third-order valence-corrected chi connectivity index (χ3v) is 7.76. The zero-order valence-electron chi connectivity index (χ0n) is 15.3. The first-order valence-corrected chi connectivity index (χ1v) is 12.2. The van der Waals surface area contributed by atoms with Crippen molar-refractivity contribution in [3.8, 4) is 0 Å². The lowest BCUT2D eigenvalue weighted by Gasteiger charge is -2.10. The Kier molecular flexibility index (Phi) is 5.47. The number of benzene rings is 1. The Bertz CT molecular complexity index is 1170. The highest BCUT2D eigenvalue weighted by atomic mass is 79.9. The monoisotopic (exact) mass is 495 g/mol. The van der Waals surface area contributed by atoms with Crippen LogP contribution in [0.5, 0.6) is 0 Å². The van der Waals surface area contributed by atoms with Gasteiger partial charge in [0.25, 0.3) is 0 Å². The van der Waals surface area contributed by atoms with E-state index < -0.39 is 16.1 Å². The maximum Gasteiger partial charge on any atom is 0.229 e. The van der Waals surface area contributed by atoms with Gasteiger partial charge in [-0.1, -0.05) is 0 Å². The number of aromatic nitrogens is 2. The minimum absolute atomic E-state index is 0.342. The van der Waals surface area contributed by atoms with E-state index in [1.54, 1.807) is 18.3 Å². The van der Waals surface area contributed by atoms with Gasteiger partial charge in [0.2, 0.25) is 5.95 Å². The lowest BCUT2D eigenvalue weighted by atomic mass is 10.1. The molecule has 0 saturated heterocycles. The summed E-state index contributed by atoms with van der Waals surface area (Å²) in [5.41, 5.74) is 2.77. The highest BCUT2D eigenvalue weighted by molar-refractivity contribution is 9.10. The Morgan fingerprint density at radius 3 is 2.93 bits per heavy atom. The molecule has 1 unspecified atom stereocenters. The van der Waals surface area contributed by atoms with E-state index in [0.29, 0.717) is 33.4 Å². The van der Waals surface area contributed by atoms with E-state index in [1.165, 1.54) is 17.6 Å². The molecule has 0 aliphatic carbocycles. The molecule has 8 nitrogen and oxygen atoms in total. The summed E-state index contributed by atoms with van der Waals surface area (Å²) in [6.45, 7) is 0.442. The van der Waals surface area contributed by atoms with Crippen LogP contribution in [0, 0.1) is 0 Å². The van der Waals surface area contributed by atoms with Crippen molar-refractivity contribution >= 4 is 60.2 Å². The van der Waals surface area contributed by atoms with Crippen molar-refractivity contribution in [2.75, 3.05) is 22.2 Å². The van der Waals surface area contributed by atoms with E-state index >= 15 is 0 Å². The standard InChI is InChI=1S/C18H18BrN5O3S2/c1-29(26,27)16-5-3-12(28-16)8-20-17-13(19)9-21-18(24-17)22-11-2-4-14-10(6-11)7-15(25)23-14/h2-6,9,15,23,25H,7-8H2,1H3,(H2,20,21,22,24). The second-order valence-electron chi connectivity index (χ2n) is 6.60. The molecule has 4 N–H and O–H groups in total. The van der Waals surface area contributed by atoms with Crippen molar-refractivity contribution in [1.29, 1.82) is 0 Å². The Morgan fingerprint density at radius 2 is 2.17 bits per heavy atom. The van der Waals surface area contributed by atoms with Crippen LogP contribution in [0.1, 0.15) is 10.4 Å². The van der Waals surface area contributed by atoms with Crippen molar-refractivity contribution in [3.63, 3.8) is 0 Å². The number of nitrogens with one attached hydrogen (secondary N) is 3. The van der Waals surface area contributed by atoms with Crippen LogP contribution in [0.25, 0.3) is 0 Å². The number of nitrogens with zero attached hydrogens (tertiary/aromatic N) is 2. The van der Waals surface area contributed by atoms with Crippen molar-refractivity contribution < 1.29 is 13.5 Å². The first-order chi connectivity index (χ1) is 13.8. The molecule has 29 heavy (non-hydrogen) atoms. The summed E-state index contributed by atoms with van der Waals surface area (Å²) in [6.07, 6.45) is 2.84. The van der Waals surface area contributed by atoms with Crippen molar-refractivity contribution in [3.05, 3.63) is 51.4 Å². The SMILES string of the molecule is CS(=O)(=O)c1ccc(CNc2nc(Nc3ccc4c(c3)CC(O)N4)ncc2Br)s1. The molecule has 3 aromatic rings. The third-order valence-electron chi connectivity index (χ3n) is 4.27. The van der Waals surface area contributed by atoms with Gasteiger partial charge in [-0.25, -0.2) is 13.4 Å². The molecular formula is C18H18BrN5O3S2. The zero-order valence-corrected chi connectivity index (χ0v) is 18.5. The summed E-state index contributed by atoms with van der Waals surface area (Å²) in [5.74, 6) is 1.01. The average molecular weight is 496 g/mol. The third kappa shape index (κ3) is 4.69. The number of hydrogen-bond donors (Lipinski definition) is 4. The number of sulfone groups is 1. The van der Waals surface area contributed by atoms with Crippen molar-refractivity contribution in [1.82, 2.24) is 9.97 Å². The van der Waals surface area contributed by atoms with Crippen LogP contribution in [-0.4, -0.2) is 36.0 Å². The lowest BCUT2D eigenvalue weighted by molar-refractivity contribution is 0.212. The minimum Gasteiger partial charge on any atom is -0.373 e. The van der Waals surface area contributed by atoms with Crippen molar-refractivity contribution in [2.24, 2.45) is 0 Å². The van der Waals surface area contributed by atoms with E-state index in [-0.39, 0.29) is 0 Å². The molecule has 2 aromatic heterocycles. The molecule has 1 aromatic carbocycles. The molecule has 1 aliphatic rings. The van der Waals surface area contributed by atoms with Gasteiger partial charge in [-0.05, 0) is 51.8 Å². The Balaban J connectivity index is 1.47. The highest BCUT2D eigenvalue weighted by Gasteiger charge is 2.18. The summed E-state index contributed by atoms with van der Waals surface area (Å²) in [6, 6.07) is 9.15.